The van der Waals surface area contributed by atoms with Crippen LogP contribution in [0.25, 0.3) is 11.3 Å². The van der Waals surface area contributed by atoms with Crippen molar-refractivity contribution in [2.45, 2.75) is 6.18 Å². The third kappa shape index (κ3) is 5.32. The number of hydrogen-bond acceptors (Lipinski definition) is 4. The lowest BCUT2D eigenvalue weighted by atomic mass is 10.1. The molecule has 0 aliphatic carbocycles. The molecule has 1 N–H and O–H groups in total. The number of carbonyl (C=O) groups is 1. The Bertz CT molecular complexity index is 1300. The van der Waals surface area contributed by atoms with E-state index >= 15 is 0 Å². The van der Waals surface area contributed by atoms with Gasteiger partial charge in [-0.15, -0.1) is 0 Å². The average molecular weight is 473 g/mol. The molecule has 0 atom stereocenters. The van der Waals surface area contributed by atoms with E-state index in [-0.39, 0.29) is 5.56 Å². The molecule has 0 bridgehead atoms. The van der Waals surface area contributed by atoms with Crippen molar-refractivity contribution in [2.24, 2.45) is 7.05 Å². The molecule has 6 nitrogen and oxygen atoms in total. The number of amides is 1. The van der Waals surface area contributed by atoms with Crippen LogP contribution in [0.15, 0.2) is 73.2 Å². The predicted molar refractivity (Wildman–Crippen MR) is 117 cm³/mol. The van der Waals surface area contributed by atoms with Crippen LogP contribution >= 0.6 is 11.6 Å². The molecule has 0 radical (unpaired) electrons. The van der Waals surface area contributed by atoms with Gasteiger partial charge in [0.05, 0.1) is 22.5 Å². The molecule has 0 saturated carbocycles. The van der Waals surface area contributed by atoms with E-state index in [1.54, 1.807) is 53.5 Å². The van der Waals surface area contributed by atoms with Gasteiger partial charge in [0.2, 0.25) is 0 Å². The normalized spacial score (nSPS) is 11.3. The smallest absolute Gasteiger partial charge is 0.417 e. The molecule has 2 heterocycles. The number of carbonyl (C=O) groups excluding carboxylic acids is 1. The minimum Gasteiger partial charge on any atom is -0.457 e. The van der Waals surface area contributed by atoms with Gasteiger partial charge >= 0.3 is 6.18 Å². The number of anilines is 1. The Balaban J connectivity index is 1.44. The molecule has 33 heavy (non-hydrogen) atoms. The number of rotatable bonds is 5. The van der Waals surface area contributed by atoms with Gasteiger partial charge in [-0.05, 0) is 48.5 Å². The Hall–Kier alpha value is -3.85. The standard InChI is InChI=1S/C23H16ClF3N4O2/c1-31-13-15(12-29-31)21-11-18(8-9-28-21)33-17-5-3-16(4-6-17)30-22(32)14-2-7-20(24)19(10-14)23(25,26)27/h2-13H,1H3,(H,30,32). The molecule has 0 aliphatic heterocycles. The number of pyridine rings is 1. The largest absolute Gasteiger partial charge is 0.457 e. The van der Waals surface area contributed by atoms with Crippen LogP contribution in [0.1, 0.15) is 15.9 Å². The van der Waals surface area contributed by atoms with Gasteiger partial charge in [-0.3, -0.25) is 14.5 Å². The summed E-state index contributed by atoms with van der Waals surface area (Å²) in [6.45, 7) is 0. The second-order valence-corrected chi connectivity index (χ2v) is 7.46. The maximum atomic E-state index is 13.0. The Morgan fingerprint density at radius 2 is 1.82 bits per heavy atom. The maximum absolute atomic E-state index is 13.0. The van der Waals surface area contributed by atoms with Crippen molar-refractivity contribution in [3.63, 3.8) is 0 Å². The summed E-state index contributed by atoms with van der Waals surface area (Å²) in [6.07, 6.45) is 0.494. The molecular weight excluding hydrogens is 457 g/mol. The van der Waals surface area contributed by atoms with Crippen molar-refractivity contribution < 1.29 is 22.7 Å². The van der Waals surface area contributed by atoms with Crippen LogP contribution < -0.4 is 10.1 Å². The molecule has 10 heteroatoms. The molecule has 0 aliphatic rings. The number of ether oxygens (including phenoxy) is 1. The second kappa shape index (κ2) is 8.95. The highest BCUT2D eigenvalue weighted by atomic mass is 35.5. The number of halogens is 4. The average Bonchev–Trinajstić information content (AvgIpc) is 3.21. The Morgan fingerprint density at radius 3 is 2.48 bits per heavy atom. The van der Waals surface area contributed by atoms with Crippen LogP contribution in [0.3, 0.4) is 0 Å². The van der Waals surface area contributed by atoms with Gasteiger partial charge in [-0.1, -0.05) is 11.6 Å². The molecule has 4 aromatic rings. The third-order valence-corrected chi connectivity index (χ3v) is 4.94. The van der Waals surface area contributed by atoms with E-state index in [2.05, 4.69) is 15.4 Å². The quantitative estimate of drug-likeness (QED) is 0.375. The summed E-state index contributed by atoms with van der Waals surface area (Å²) in [5.41, 5.74) is 0.708. The fourth-order valence-corrected chi connectivity index (χ4v) is 3.24. The minimum atomic E-state index is -4.66. The van der Waals surface area contributed by atoms with Crippen LogP contribution in [0.4, 0.5) is 18.9 Å². The number of nitrogens with one attached hydrogen (secondary N) is 1. The van der Waals surface area contributed by atoms with Gasteiger partial charge in [0.15, 0.2) is 0 Å². The second-order valence-electron chi connectivity index (χ2n) is 7.05. The van der Waals surface area contributed by atoms with Gasteiger partial charge in [0.25, 0.3) is 5.91 Å². The molecular formula is C23H16ClF3N4O2. The van der Waals surface area contributed by atoms with E-state index in [4.69, 9.17) is 16.3 Å². The Labute approximate surface area is 191 Å². The van der Waals surface area contributed by atoms with E-state index < -0.39 is 22.7 Å². The topological polar surface area (TPSA) is 69.0 Å². The predicted octanol–water partition coefficient (Wildman–Crippen LogP) is 6.20. The zero-order valence-electron chi connectivity index (χ0n) is 17.1. The van der Waals surface area contributed by atoms with Crippen LogP contribution in [0, 0.1) is 0 Å². The molecule has 1 amide bonds. The van der Waals surface area contributed by atoms with Gasteiger partial charge in [0, 0.05) is 42.3 Å². The number of aromatic nitrogens is 3. The summed E-state index contributed by atoms with van der Waals surface area (Å²) in [5, 5.41) is 6.21. The highest BCUT2D eigenvalue weighted by Crippen LogP contribution is 2.35. The number of nitrogens with zero attached hydrogens (tertiary/aromatic N) is 3. The first-order chi connectivity index (χ1) is 15.7. The summed E-state index contributed by atoms with van der Waals surface area (Å²) in [5.74, 6) is 0.366. The van der Waals surface area contributed by atoms with Crippen LogP contribution in [0.5, 0.6) is 11.5 Å². The summed E-state index contributed by atoms with van der Waals surface area (Å²) in [4.78, 5) is 16.7. The van der Waals surface area contributed by atoms with Crippen LogP contribution in [0.2, 0.25) is 5.02 Å². The van der Waals surface area contributed by atoms with E-state index in [0.29, 0.717) is 22.9 Å². The van der Waals surface area contributed by atoms with Crippen LogP contribution in [-0.4, -0.2) is 20.7 Å². The number of benzene rings is 2. The first kappa shape index (κ1) is 22.3. The van der Waals surface area contributed by atoms with E-state index in [1.807, 2.05) is 13.2 Å². The lowest BCUT2D eigenvalue weighted by Crippen LogP contribution is -2.14. The van der Waals surface area contributed by atoms with E-state index in [1.165, 1.54) is 6.07 Å². The van der Waals surface area contributed by atoms with Crippen molar-refractivity contribution >= 4 is 23.2 Å². The number of hydrogen-bond donors (Lipinski definition) is 1. The summed E-state index contributed by atoms with van der Waals surface area (Å²) in [6, 6.07) is 12.9. The lowest BCUT2D eigenvalue weighted by Gasteiger charge is -2.12. The molecule has 0 unspecified atom stereocenters. The monoisotopic (exact) mass is 472 g/mol. The molecule has 0 saturated heterocycles. The van der Waals surface area contributed by atoms with Crippen molar-refractivity contribution in [3.8, 4) is 22.8 Å². The van der Waals surface area contributed by atoms with Crippen molar-refractivity contribution in [2.75, 3.05) is 5.32 Å². The number of alkyl halides is 3. The Kier molecular flexibility index (Phi) is 6.06. The summed E-state index contributed by atoms with van der Waals surface area (Å²) < 4.78 is 46.6. The van der Waals surface area contributed by atoms with E-state index in [9.17, 15) is 18.0 Å². The lowest BCUT2D eigenvalue weighted by molar-refractivity contribution is -0.137. The van der Waals surface area contributed by atoms with Gasteiger partial charge in [-0.25, -0.2) is 0 Å². The zero-order chi connectivity index (χ0) is 23.6. The first-order valence-electron chi connectivity index (χ1n) is 9.60. The highest BCUT2D eigenvalue weighted by Gasteiger charge is 2.33. The van der Waals surface area contributed by atoms with Gasteiger partial charge in [-0.2, -0.15) is 18.3 Å². The molecule has 2 aromatic carbocycles. The van der Waals surface area contributed by atoms with Crippen molar-refractivity contribution in [1.82, 2.24) is 14.8 Å². The summed E-state index contributed by atoms with van der Waals surface area (Å²) in [7, 11) is 1.81. The molecule has 0 fully saturated rings. The van der Waals surface area contributed by atoms with Crippen LogP contribution in [-0.2, 0) is 13.2 Å². The maximum Gasteiger partial charge on any atom is 0.417 e. The SMILES string of the molecule is Cn1cc(-c2cc(Oc3ccc(NC(=O)c4ccc(Cl)c(C(F)(F)F)c4)cc3)ccn2)cn1. The van der Waals surface area contributed by atoms with E-state index in [0.717, 1.165) is 17.7 Å². The fraction of sp³-hybridized carbons (Fsp3) is 0.0870. The number of aryl methyl sites for hydroxylation is 1. The Morgan fingerprint density at radius 1 is 1.06 bits per heavy atom. The summed E-state index contributed by atoms with van der Waals surface area (Å²) >= 11 is 5.60. The molecule has 168 valence electrons. The van der Waals surface area contributed by atoms with Crippen molar-refractivity contribution in [1.29, 1.82) is 0 Å². The highest BCUT2D eigenvalue weighted by molar-refractivity contribution is 6.31. The first-order valence-corrected chi connectivity index (χ1v) is 9.98. The minimum absolute atomic E-state index is 0.160. The van der Waals surface area contributed by atoms with Crippen molar-refractivity contribution in [3.05, 3.63) is 89.3 Å². The fourth-order valence-electron chi connectivity index (χ4n) is 3.02. The zero-order valence-corrected chi connectivity index (χ0v) is 17.9. The van der Waals surface area contributed by atoms with Gasteiger partial charge < -0.3 is 10.1 Å². The molecule has 2 aromatic heterocycles. The molecule has 4 rings (SSSR count). The third-order valence-electron chi connectivity index (χ3n) is 4.61. The molecule has 0 spiro atoms. The van der Waals surface area contributed by atoms with Gasteiger partial charge in [0.1, 0.15) is 11.5 Å².